The first-order valence-corrected chi connectivity index (χ1v) is 10.2. The van der Waals surface area contributed by atoms with Crippen molar-refractivity contribution in [3.8, 4) is 22.6 Å². The minimum atomic E-state index is -4.13. The number of H-pyrrole nitrogens is 1. The Bertz CT molecular complexity index is 937. The Hall–Kier alpha value is -2.74. The second-order valence-electron chi connectivity index (χ2n) is 7.80. The van der Waals surface area contributed by atoms with Crippen LogP contribution >= 0.6 is 0 Å². The lowest BCUT2D eigenvalue weighted by Crippen LogP contribution is -2.41. The molecule has 1 aliphatic rings. The van der Waals surface area contributed by atoms with Gasteiger partial charge in [-0.15, -0.1) is 0 Å². The number of hydrogen-bond donors (Lipinski definition) is 1. The molecule has 30 heavy (non-hydrogen) atoms. The summed E-state index contributed by atoms with van der Waals surface area (Å²) in [4.78, 5) is 18.1. The van der Waals surface area contributed by atoms with Crippen molar-refractivity contribution < 1.29 is 13.2 Å². The van der Waals surface area contributed by atoms with Crippen LogP contribution in [0.1, 0.15) is 25.1 Å². The van der Waals surface area contributed by atoms with Crippen LogP contribution in [0.4, 0.5) is 13.2 Å². The van der Waals surface area contributed by atoms with Gasteiger partial charge in [-0.3, -0.25) is 4.90 Å². The van der Waals surface area contributed by atoms with E-state index in [-0.39, 0.29) is 5.92 Å². The molecule has 1 saturated heterocycles. The van der Waals surface area contributed by atoms with Crippen molar-refractivity contribution >= 4 is 0 Å². The van der Waals surface area contributed by atoms with E-state index in [1.165, 1.54) is 4.90 Å². The molecule has 1 atom stereocenters. The molecule has 1 unspecified atom stereocenters. The van der Waals surface area contributed by atoms with Gasteiger partial charge in [0.15, 0.2) is 5.82 Å². The highest BCUT2D eigenvalue weighted by atomic mass is 19.4. The first-order chi connectivity index (χ1) is 14.5. The van der Waals surface area contributed by atoms with Crippen molar-refractivity contribution in [2.24, 2.45) is 5.92 Å². The maximum absolute atomic E-state index is 12.6. The Morgan fingerprint density at radius 3 is 2.50 bits per heavy atom. The highest BCUT2D eigenvalue weighted by Gasteiger charge is 2.32. The second kappa shape index (κ2) is 8.95. The number of aromatic amines is 1. The number of rotatable bonds is 6. The molecule has 8 heteroatoms. The smallest absolute Gasteiger partial charge is 0.342 e. The van der Waals surface area contributed by atoms with Crippen molar-refractivity contribution in [2.45, 2.75) is 31.9 Å². The van der Waals surface area contributed by atoms with Gasteiger partial charge in [-0.05, 0) is 31.7 Å². The summed E-state index contributed by atoms with van der Waals surface area (Å²) in [6, 6.07) is 9.77. The zero-order valence-electron chi connectivity index (χ0n) is 16.6. The van der Waals surface area contributed by atoms with E-state index in [0.717, 1.165) is 41.9 Å². The third-order valence-corrected chi connectivity index (χ3v) is 5.42. The van der Waals surface area contributed by atoms with Gasteiger partial charge in [0.1, 0.15) is 5.82 Å². The molecule has 2 aromatic heterocycles. The van der Waals surface area contributed by atoms with Gasteiger partial charge < -0.3 is 4.98 Å². The number of aromatic nitrogens is 4. The van der Waals surface area contributed by atoms with Crippen LogP contribution < -0.4 is 0 Å². The van der Waals surface area contributed by atoms with Gasteiger partial charge >= 0.3 is 6.18 Å². The number of halogens is 3. The van der Waals surface area contributed by atoms with Crippen molar-refractivity contribution in [3.05, 3.63) is 54.7 Å². The number of hydrogen-bond acceptors (Lipinski definition) is 4. The van der Waals surface area contributed by atoms with Crippen LogP contribution in [0, 0.1) is 5.92 Å². The maximum Gasteiger partial charge on any atom is 0.401 e. The van der Waals surface area contributed by atoms with Crippen molar-refractivity contribution in [3.63, 3.8) is 0 Å². The fourth-order valence-corrected chi connectivity index (χ4v) is 3.96. The van der Waals surface area contributed by atoms with Crippen LogP contribution in [-0.4, -0.2) is 50.6 Å². The summed E-state index contributed by atoms with van der Waals surface area (Å²) in [7, 11) is 0. The molecule has 4 rings (SSSR count). The largest absolute Gasteiger partial charge is 0.401 e. The number of likely N-dealkylation sites (tertiary alicyclic amines) is 1. The molecule has 0 amide bonds. The number of imidazole rings is 1. The second-order valence-corrected chi connectivity index (χ2v) is 7.80. The molecule has 1 aliphatic heterocycles. The zero-order chi connectivity index (χ0) is 21.0. The normalized spacial score (nSPS) is 17.9. The molecule has 0 bridgehead atoms. The molecule has 0 saturated carbocycles. The summed E-state index contributed by atoms with van der Waals surface area (Å²) >= 11 is 0. The fourth-order valence-electron chi connectivity index (χ4n) is 3.96. The quantitative estimate of drug-likeness (QED) is 0.632. The van der Waals surface area contributed by atoms with E-state index in [1.54, 1.807) is 18.6 Å². The van der Waals surface area contributed by atoms with Crippen LogP contribution in [-0.2, 0) is 6.42 Å². The SMILES string of the molecule is FC(F)(F)CN1CCCC(CCc2ncc(-c3cnc(-c4ccccc4)nc3)[nH]2)C1. The lowest BCUT2D eigenvalue weighted by molar-refractivity contribution is -0.149. The van der Waals surface area contributed by atoms with E-state index in [4.69, 9.17) is 0 Å². The van der Waals surface area contributed by atoms with E-state index in [2.05, 4.69) is 19.9 Å². The molecule has 5 nitrogen and oxygen atoms in total. The molecule has 3 heterocycles. The third-order valence-electron chi connectivity index (χ3n) is 5.42. The number of nitrogens with zero attached hydrogens (tertiary/aromatic N) is 4. The van der Waals surface area contributed by atoms with Crippen molar-refractivity contribution in [2.75, 3.05) is 19.6 Å². The predicted octanol–water partition coefficient (Wildman–Crippen LogP) is 4.74. The standard InChI is InChI=1S/C22H24F3N5/c23-22(24,25)15-30-10-4-5-16(14-30)8-9-20-26-13-19(29-20)18-11-27-21(28-12-18)17-6-2-1-3-7-17/h1-3,6-7,11-13,16H,4-5,8-10,14-15H2,(H,26,29). The number of piperidine rings is 1. The Kier molecular flexibility index (Phi) is 6.13. The maximum atomic E-state index is 12.6. The summed E-state index contributed by atoms with van der Waals surface area (Å²) in [6.07, 6.45) is 4.48. The molecular formula is C22H24F3N5. The monoisotopic (exact) mass is 415 g/mol. The number of benzene rings is 1. The van der Waals surface area contributed by atoms with E-state index >= 15 is 0 Å². The zero-order valence-corrected chi connectivity index (χ0v) is 16.6. The summed E-state index contributed by atoms with van der Waals surface area (Å²) in [6.45, 7) is 0.217. The van der Waals surface area contributed by atoms with Crippen LogP contribution in [0.15, 0.2) is 48.9 Å². The molecule has 1 fully saturated rings. The van der Waals surface area contributed by atoms with E-state index < -0.39 is 12.7 Å². The van der Waals surface area contributed by atoms with E-state index in [9.17, 15) is 13.2 Å². The summed E-state index contributed by atoms with van der Waals surface area (Å²) < 4.78 is 37.9. The minimum Gasteiger partial charge on any atom is -0.342 e. The Labute approximate surface area is 173 Å². The fraction of sp³-hybridized carbons (Fsp3) is 0.409. The van der Waals surface area contributed by atoms with Gasteiger partial charge in [0.2, 0.25) is 0 Å². The molecule has 3 aromatic rings. The topological polar surface area (TPSA) is 57.7 Å². The Morgan fingerprint density at radius 2 is 1.77 bits per heavy atom. The van der Waals surface area contributed by atoms with Gasteiger partial charge in [0.25, 0.3) is 0 Å². The first-order valence-electron chi connectivity index (χ1n) is 10.2. The lowest BCUT2D eigenvalue weighted by atomic mass is 9.93. The summed E-state index contributed by atoms with van der Waals surface area (Å²) in [5.41, 5.74) is 2.65. The first kappa shape index (κ1) is 20.5. The van der Waals surface area contributed by atoms with Crippen LogP contribution in [0.5, 0.6) is 0 Å². The van der Waals surface area contributed by atoms with E-state index in [1.807, 2.05) is 30.3 Å². The van der Waals surface area contributed by atoms with Crippen LogP contribution in [0.2, 0.25) is 0 Å². The molecule has 1 aromatic carbocycles. The average molecular weight is 415 g/mol. The Morgan fingerprint density at radius 1 is 1.00 bits per heavy atom. The van der Waals surface area contributed by atoms with Gasteiger partial charge in [-0.2, -0.15) is 13.2 Å². The van der Waals surface area contributed by atoms with Crippen LogP contribution in [0.3, 0.4) is 0 Å². The number of alkyl halides is 3. The highest BCUT2D eigenvalue weighted by molar-refractivity contribution is 5.60. The van der Waals surface area contributed by atoms with Crippen LogP contribution in [0.25, 0.3) is 22.6 Å². The van der Waals surface area contributed by atoms with Gasteiger partial charge in [-0.25, -0.2) is 15.0 Å². The lowest BCUT2D eigenvalue weighted by Gasteiger charge is -2.33. The van der Waals surface area contributed by atoms with Gasteiger partial charge in [-0.1, -0.05) is 30.3 Å². The molecule has 0 spiro atoms. The van der Waals surface area contributed by atoms with E-state index in [0.29, 0.717) is 25.3 Å². The molecule has 0 aliphatic carbocycles. The van der Waals surface area contributed by atoms with Gasteiger partial charge in [0, 0.05) is 36.5 Å². The molecular weight excluding hydrogens is 391 g/mol. The molecule has 158 valence electrons. The highest BCUT2D eigenvalue weighted by Crippen LogP contribution is 2.25. The van der Waals surface area contributed by atoms with Crippen molar-refractivity contribution in [1.82, 2.24) is 24.8 Å². The minimum absolute atomic E-state index is 0.267. The molecule has 0 radical (unpaired) electrons. The number of aryl methyl sites for hydroxylation is 1. The third kappa shape index (κ3) is 5.44. The Balaban J connectivity index is 1.33. The van der Waals surface area contributed by atoms with Crippen molar-refractivity contribution in [1.29, 1.82) is 0 Å². The summed E-state index contributed by atoms with van der Waals surface area (Å²) in [5, 5.41) is 0. The predicted molar refractivity (Wildman–Crippen MR) is 109 cm³/mol. The molecule has 1 N–H and O–H groups in total. The summed E-state index contributed by atoms with van der Waals surface area (Å²) in [5.74, 6) is 1.77. The van der Waals surface area contributed by atoms with Gasteiger partial charge in [0.05, 0.1) is 18.4 Å². The average Bonchev–Trinajstić information content (AvgIpc) is 3.21. The number of nitrogens with one attached hydrogen (secondary N) is 1.